The van der Waals surface area contributed by atoms with Gasteiger partial charge in [0.1, 0.15) is 5.75 Å². The highest BCUT2D eigenvalue weighted by Crippen LogP contribution is 2.18. The van der Waals surface area contributed by atoms with Gasteiger partial charge in [0, 0.05) is 32.2 Å². The molecule has 0 aromatic heterocycles. The molecule has 0 spiro atoms. The van der Waals surface area contributed by atoms with Gasteiger partial charge in [-0.1, -0.05) is 42.0 Å². The first kappa shape index (κ1) is 18.5. The van der Waals surface area contributed by atoms with Gasteiger partial charge in [0.25, 0.3) is 0 Å². The standard InChI is InChI=1S/C22H28N2O2/c1-17-6-4-7-19(12-17)14-22(25)24-11-10-23(15-18(24)2)16-20-8-5-9-21(13-20)26-3/h4-9,12-13,18H,10-11,14-16H2,1-3H3/t18-/m0/s1. The summed E-state index contributed by atoms with van der Waals surface area (Å²) in [6.45, 7) is 7.69. The molecule has 1 aliphatic rings. The monoisotopic (exact) mass is 352 g/mol. The van der Waals surface area contributed by atoms with Gasteiger partial charge >= 0.3 is 0 Å². The smallest absolute Gasteiger partial charge is 0.227 e. The third kappa shape index (κ3) is 4.64. The predicted molar refractivity (Wildman–Crippen MR) is 104 cm³/mol. The first-order valence-electron chi connectivity index (χ1n) is 9.25. The molecule has 138 valence electrons. The van der Waals surface area contributed by atoms with Crippen molar-refractivity contribution in [3.8, 4) is 5.75 Å². The number of benzene rings is 2. The molecule has 4 nitrogen and oxygen atoms in total. The van der Waals surface area contributed by atoms with Crippen LogP contribution in [0.25, 0.3) is 0 Å². The number of hydrogen-bond donors (Lipinski definition) is 0. The summed E-state index contributed by atoms with van der Waals surface area (Å²) in [5, 5.41) is 0. The van der Waals surface area contributed by atoms with Crippen LogP contribution in [0, 0.1) is 6.92 Å². The summed E-state index contributed by atoms with van der Waals surface area (Å²) in [5.74, 6) is 1.12. The van der Waals surface area contributed by atoms with Crippen LogP contribution in [0.5, 0.6) is 5.75 Å². The zero-order valence-electron chi connectivity index (χ0n) is 15.9. The van der Waals surface area contributed by atoms with Crippen LogP contribution in [0.15, 0.2) is 48.5 Å². The average molecular weight is 352 g/mol. The Morgan fingerprint density at radius 1 is 1.12 bits per heavy atom. The van der Waals surface area contributed by atoms with E-state index in [0.717, 1.165) is 37.5 Å². The van der Waals surface area contributed by atoms with Gasteiger partial charge in [0.15, 0.2) is 0 Å². The molecular formula is C22H28N2O2. The van der Waals surface area contributed by atoms with E-state index in [1.165, 1.54) is 11.1 Å². The van der Waals surface area contributed by atoms with E-state index in [1.54, 1.807) is 7.11 Å². The van der Waals surface area contributed by atoms with Gasteiger partial charge in [0.05, 0.1) is 13.5 Å². The Hall–Kier alpha value is -2.33. The van der Waals surface area contributed by atoms with Gasteiger partial charge in [-0.05, 0) is 37.1 Å². The van der Waals surface area contributed by atoms with E-state index in [-0.39, 0.29) is 11.9 Å². The largest absolute Gasteiger partial charge is 0.497 e. The normalized spacial score (nSPS) is 18.0. The number of rotatable bonds is 5. The lowest BCUT2D eigenvalue weighted by atomic mass is 10.1. The fourth-order valence-electron chi connectivity index (χ4n) is 3.67. The van der Waals surface area contributed by atoms with E-state index in [1.807, 2.05) is 29.2 Å². The van der Waals surface area contributed by atoms with Gasteiger partial charge in [-0.2, -0.15) is 0 Å². The van der Waals surface area contributed by atoms with E-state index in [4.69, 9.17) is 4.74 Å². The summed E-state index contributed by atoms with van der Waals surface area (Å²) in [4.78, 5) is 17.2. The van der Waals surface area contributed by atoms with E-state index in [0.29, 0.717) is 6.42 Å². The Morgan fingerprint density at radius 3 is 2.62 bits per heavy atom. The van der Waals surface area contributed by atoms with Crippen LogP contribution in [-0.4, -0.2) is 48.5 Å². The number of amides is 1. The molecule has 0 aliphatic carbocycles. The average Bonchev–Trinajstić information content (AvgIpc) is 2.62. The van der Waals surface area contributed by atoms with Crippen LogP contribution >= 0.6 is 0 Å². The number of carbonyl (C=O) groups excluding carboxylic acids is 1. The number of hydrogen-bond acceptors (Lipinski definition) is 3. The van der Waals surface area contributed by atoms with Crippen molar-refractivity contribution in [2.24, 2.45) is 0 Å². The van der Waals surface area contributed by atoms with Crippen molar-refractivity contribution in [2.75, 3.05) is 26.7 Å². The zero-order chi connectivity index (χ0) is 18.5. The quantitative estimate of drug-likeness (QED) is 0.828. The maximum atomic E-state index is 12.7. The van der Waals surface area contributed by atoms with Crippen molar-refractivity contribution in [2.45, 2.75) is 32.9 Å². The first-order valence-corrected chi connectivity index (χ1v) is 9.25. The molecule has 1 atom stereocenters. The minimum absolute atomic E-state index is 0.226. The molecule has 1 aliphatic heterocycles. The molecule has 0 radical (unpaired) electrons. The molecule has 1 saturated heterocycles. The second kappa shape index (κ2) is 8.37. The lowest BCUT2D eigenvalue weighted by molar-refractivity contribution is -0.135. The fraction of sp³-hybridized carbons (Fsp3) is 0.409. The molecule has 0 bridgehead atoms. The first-order chi connectivity index (χ1) is 12.5. The molecule has 0 unspecified atom stereocenters. The Bertz CT molecular complexity index is 759. The zero-order valence-corrected chi connectivity index (χ0v) is 15.9. The Balaban J connectivity index is 1.56. The highest BCUT2D eigenvalue weighted by atomic mass is 16.5. The van der Waals surface area contributed by atoms with E-state index >= 15 is 0 Å². The van der Waals surface area contributed by atoms with Gasteiger partial charge in [-0.15, -0.1) is 0 Å². The Labute approximate surface area is 156 Å². The minimum Gasteiger partial charge on any atom is -0.497 e. The SMILES string of the molecule is COc1cccc(CN2CCN(C(=O)Cc3cccc(C)c3)[C@@H](C)C2)c1. The van der Waals surface area contributed by atoms with Crippen molar-refractivity contribution < 1.29 is 9.53 Å². The minimum atomic E-state index is 0.226. The van der Waals surface area contributed by atoms with Crippen LogP contribution in [0.1, 0.15) is 23.6 Å². The maximum absolute atomic E-state index is 12.7. The fourth-order valence-corrected chi connectivity index (χ4v) is 3.67. The van der Waals surface area contributed by atoms with E-state index < -0.39 is 0 Å². The molecule has 1 heterocycles. The topological polar surface area (TPSA) is 32.8 Å². The molecule has 2 aromatic carbocycles. The summed E-state index contributed by atoms with van der Waals surface area (Å²) >= 11 is 0. The number of nitrogens with zero attached hydrogens (tertiary/aromatic N) is 2. The lowest BCUT2D eigenvalue weighted by Gasteiger charge is -2.40. The predicted octanol–water partition coefficient (Wildman–Crippen LogP) is 3.28. The van der Waals surface area contributed by atoms with Gasteiger partial charge in [-0.3, -0.25) is 9.69 Å². The van der Waals surface area contributed by atoms with Crippen molar-refractivity contribution in [1.29, 1.82) is 0 Å². The lowest BCUT2D eigenvalue weighted by Crippen LogP contribution is -2.54. The molecule has 1 fully saturated rings. The highest BCUT2D eigenvalue weighted by Gasteiger charge is 2.27. The third-order valence-electron chi connectivity index (χ3n) is 5.01. The number of methoxy groups -OCH3 is 1. The summed E-state index contributed by atoms with van der Waals surface area (Å²) < 4.78 is 5.31. The van der Waals surface area contributed by atoms with Crippen molar-refractivity contribution in [1.82, 2.24) is 9.80 Å². The third-order valence-corrected chi connectivity index (χ3v) is 5.01. The van der Waals surface area contributed by atoms with Crippen molar-refractivity contribution in [3.63, 3.8) is 0 Å². The number of carbonyl (C=O) groups is 1. The van der Waals surface area contributed by atoms with Gasteiger partial charge < -0.3 is 9.64 Å². The van der Waals surface area contributed by atoms with Gasteiger partial charge in [0.2, 0.25) is 5.91 Å². The molecule has 2 aromatic rings. The molecule has 1 amide bonds. The molecule has 26 heavy (non-hydrogen) atoms. The van der Waals surface area contributed by atoms with Crippen LogP contribution in [0.4, 0.5) is 0 Å². The van der Waals surface area contributed by atoms with Crippen molar-refractivity contribution in [3.05, 3.63) is 65.2 Å². The summed E-state index contributed by atoms with van der Waals surface area (Å²) in [5.41, 5.74) is 3.54. The van der Waals surface area contributed by atoms with Crippen molar-refractivity contribution >= 4 is 5.91 Å². The summed E-state index contributed by atoms with van der Waals surface area (Å²) in [6, 6.07) is 16.7. The van der Waals surface area contributed by atoms with Crippen LogP contribution in [0.3, 0.4) is 0 Å². The molecule has 0 N–H and O–H groups in total. The van der Waals surface area contributed by atoms with Gasteiger partial charge in [-0.25, -0.2) is 0 Å². The summed E-state index contributed by atoms with van der Waals surface area (Å²) in [7, 11) is 1.69. The number of ether oxygens (including phenoxy) is 1. The maximum Gasteiger partial charge on any atom is 0.227 e. The molecule has 4 heteroatoms. The van der Waals surface area contributed by atoms with E-state index in [9.17, 15) is 4.79 Å². The van der Waals surface area contributed by atoms with E-state index in [2.05, 4.69) is 43.0 Å². The van der Waals surface area contributed by atoms with Crippen LogP contribution in [-0.2, 0) is 17.8 Å². The summed E-state index contributed by atoms with van der Waals surface area (Å²) in [6.07, 6.45) is 0.488. The van der Waals surface area contributed by atoms with Crippen LogP contribution in [0.2, 0.25) is 0 Å². The molecule has 3 rings (SSSR count). The molecular weight excluding hydrogens is 324 g/mol. The second-order valence-corrected chi connectivity index (χ2v) is 7.19. The number of aryl methyl sites for hydroxylation is 1. The Morgan fingerprint density at radius 2 is 1.88 bits per heavy atom. The second-order valence-electron chi connectivity index (χ2n) is 7.19. The Kier molecular flexibility index (Phi) is 5.94. The molecule has 0 saturated carbocycles. The highest BCUT2D eigenvalue weighted by molar-refractivity contribution is 5.79. The van der Waals surface area contributed by atoms with Crippen LogP contribution < -0.4 is 4.74 Å². The number of piperazine rings is 1.